The molecule has 0 radical (unpaired) electrons. The van der Waals surface area contributed by atoms with E-state index in [0.717, 1.165) is 0 Å². The molecule has 3 aromatic rings. The van der Waals surface area contributed by atoms with Crippen LogP contribution in [0.1, 0.15) is 38.9 Å². The third-order valence-corrected chi connectivity index (χ3v) is 4.88. The lowest BCUT2D eigenvalue weighted by Gasteiger charge is -2.13. The fourth-order valence-electron chi connectivity index (χ4n) is 2.58. The summed E-state index contributed by atoms with van der Waals surface area (Å²) in [4.78, 5) is 25.2. The van der Waals surface area contributed by atoms with E-state index >= 15 is 0 Å². The van der Waals surface area contributed by atoms with Gasteiger partial charge < -0.3 is 11.1 Å². The van der Waals surface area contributed by atoms with Crippen LogP contribution in [0.15, 0.2) is 48.0 Å². The third kappa shape index (κ3) is 4.04. The van der Waals surface area contributed by atoms with Gasteiger partial charge in [0.15, 0.2) is 5.78 Å². The van der Waals surface area contributed by atoms with Crippen LogP contribution in [-0.4, -0.2) is 27.5 Å². The molecule has 7 nitrogen and oxygen atoms in total. The highest BCUT2D eigenvalue weighted by atomic mass is 32.1. The van der Waals surface area contributed by atoms with Gasteiger partial charge in [0.05, 0.1) is 16.8 Å². The second kappa shape index (κ2) is 7.85. The highest BCUT2D eigenvalue weighted by molar-refractivity contribution is 7.12. The lowest BCUT2D eigenvalue weighted by Crippen LogP contribution is -2.34. The molecule has 0 aliphatic rings. The Morgan fingerprint density at radius 1 is 1.33 bits per heavy atom. The van der Waals surface area contributed by atoms with Crippen LogP contribution >= 0.6 is 11.3 Å². The van der Waals surface area contributed by atoms with Gasteiger partial charge in [-0.3, -0.25) is 9.59 Å². The van der Waals surface area contributed by atoms with E-state index in [0.29, 0.717) is 21.7 Å². The molecule has 0 bridgehead atoms. The van der Waals surface area contributed by atoms with E-state index in [1.807, 2.05) is 17.5 Å². The summed E-state index contributed by atoms with van der Waals surface area (Å²) in [5.41, 5.74) is 7.26. The number of nitrogens with zero attached hydrogens (tertiary/aromatic N) is 3. The first-order chi connectivity index (χ1) is 13.0. The Hall–Kier alpha value is -3.44. The van der Waals surface area contributed by atoms with Gasteiger partial charge in [0, 0.05) is 18.0 Å². The van der Waals surface area contributed by atoms with E-state index in [4.69, 9.17) is 11.0 Å². The largest absolute Gasteiger partial charge is 0.382 e. The van der Waals surface area contributed by atoms with Crippen molar-refractivity contribution >= 4 is 28.8 Å². The van der Waals surface area contributed by atoms with Crippen LogP contribution in [0.25, 0.3) is 5.69 Å². The lowest BCUT2D eigenvalue weighted by atomic mass is 10.1. The number of carbonyl (C=O) groups is 2. The smallest absolute Gasteiger partial charge is 0.251 e. The molecular weight excluding hydrogens is 362 g/mol. The number of nitriles is 1. The number of amides is 1. The molecule has 0 saturated carbocycles. The molecule has 1 amide bonds. The summed E-state index contributed by atoms with van der Waals surface area (Å²) in [6.45, 7) is 1.80. The number of Topliss-reactive ketones (excluding diaryl/α,β-unsaturated/α-hetero) is 1. The Balaban J connectivity index is 1.64. The molecule has 1 atom stereocenters. The van der Waals surface area contributed by atoms with Crippen molar-refractivity contribution in [3.05, 3.63) is 64.0 Å². The highest BCUT2D eigenvalue weighted by Crippen LogP contribution is 2.17. The van der Waals surface area contributed by atoms with Crippen molar-refractivity contribution in [2.75, 3.05) is 5.73 Å². The zero-order chi connectivity index (χ0) is 19.4. The molecule has 3 N–H and O–H groups in total. The highest BCUT2D eigenvalue weighted by Gasteiger charge is 2.16. The Kier molecular flexibility index (Phi) is 5.33. The summed E-state index contributed by atoms with van der Waals surface area (Å²) >= 11 is 1.39. The van der Waals surface area contributed by atoms with Crippen LogP contribution in [-0.2, 0) is 0 Å². The minimum absolute atomic E-state index is 0.00982. The third-order valence-electron chi connectivity index (χ3n) is 3.97. The zero-order valence-electron chi connectivity index (χ0n) is 14.5. The van der Waals surface area contributed by atoms with E-state index in [9.17, 15) is 9.59 Å². The van der Waals surface area contributed by atoms with E-state index in [2.05, 4.69) is 10.4 Å². The summed E-state index contributed by atoms with van der Waals surface area (Å²) in [5.74, 6) is -0.00908. The average Bonchev–Trinajstić information content (AvgIpc) is 3.31. The second-order valence-corrected chi connectivity index (χ2v) is 6.94. The molecule has 0 aliphatic carbocycles. The number of nitrogens with one attached hydrogen (secondary N) is 1. The first kappa shape index (κ1) is 18.4. The molecule has 0 spiro atoms. The number of hydrogen-bond donors (Lipinski definition) is 2. The molecule has 3 rings (SSSR count). The van der Waals surface area contributed by atoms with Crippen molar-refractivity contribution in [3.63, 3.8) is 0 Å². The molecule has 2 heterocycles. The van der Waals surface area contributed by atoms with Gasteiger partial charge in [-0.15, -0.1) is 11.3 Å². The van der Waals surface area contributed by atoms with Crippen molar-refractivity contribution in [2.24, 2.45) is 0 Å². The summed E-state index contributed by atoms with van der Waals surface area (Å²) in [5, 5.41) is 17.7. The maximum absolute atomic E-state index is 12.4. The van der Waals surface area contributed by atoms with Gasteiger partial charge in [0.1, 0.15) is 17.5 Å². The van der Waals surface area contributed by atoms with Crippen LogP contribution in [0.5, 0.6) is 0 Å². The fraction of sp³-hybridized carbons (Fsp3) is 0.158. The van der Waals surface area contributed by atoms with E-state index in [1.54, 1.807) is 37.3 Å². The monoisotopic (exact) mass is 379 g/mol. The van der Waals surface area contributed by atoms with Crippen molar-refractivity contribution < 1.29 is 9.59 Å². The van der Waals surface area contributed by atoms with Crippen LogP contribution in [0.2, 0.25) is 0 Å². The molecule has 1 unspecified atom stereocenters. The molecule has 2 aromatic heterocycles. The van der Waals surface area contributed by atoms with Gasteiger partial charge in [-0.1, -0.05) is 6.07 Å². The Bertz CT molecular complexity index is 1000. The molecule has 27 heavy (non-hydrogen) atoms. The molecule has 1 aromatic carbocycles. The molecule has 8 heteroatoms. The number of ketones is 1. The Morgan fingerprint density at radius 2 is 2.07 bits per heavy atom. The van der Waals surface area contributed by atoms with Crippen LogP contribution in [0.4, 0.5) is 5.82 Å². The van der Waals surface area contributed by atoms with Crippen LogP contribution in [0.3, 0.4) is 0 Å². The number of anilines is 1. The van der Waals surface area contributed by atoms with E-state index in [-0.39, 0.29) is 30.0 Å². The summed E-state index contributed by atoms with van der Waals surface area (Å²) in [6, 6.07) is 12.0. The minimum atomic E-state index is -0.285. The molecular formula is C19H17N5O2S. The molecule has 136 valence electrons. The molecule has 0 aliphatic heterocycles. The van der Waals surface area contributed by atoms with E-state index < -0.39 is 0 Å². The predicted molar refractivity (Wildman–Crippen MR) is 103 cm³/mol. The summed E-state index contributed by atoms with van der Waals surface area (Å²) in [7, 11) is 0. The number of carbonyl (C=O) groups excluding carboxylic acids is 2. The number of hydrogen-bond acceptors (Lipinski definition) is 6. The topological polar surface area (TPSA) is 114 Å². The average molecular weight is 379 g/mol. The standard InChI is InChI=1S/C19H17N5O2S/c1-12(9-16(25)17-3-2-8-27-17)23-19(26)13-4-6-15(7-5-13)24-18(21)14(10-20)11-22-24/h2-8,11-12H,9,21H2,1H3,(H,23,26). The first-order valence-corrected chi connectivity index (χ1v) is 9.09. The number of aromatic nitrogens is 2. The van der Waals surface area contributed by atoms with Crippen molar-refractivity contribution in [2.45, 2.75) is 19.4 Å². The van der Waals surface area contributed by atoms with Crippen molar-refractivity contribution in [1.29, 1.82) is 5.26 Å². The van der Waals surface area contributed by atoms with Gasteiger partial charge in [0.25, 0.3) is 5.91 Å². The van der Waals surface area contributed by atoms with Gasteiger partial charge in [-0.05, 0) is 42.6 Å². The lowest BCUT2D eigenvalue weighted by molar-refractivity contribution is 0.0919. The van der Waals surface area contributed by atoms with Gasteiger partial charge in [0.2, 0.25) is 0 Å². The maximum atomic E-state index is 12.4. The van der Waals surface area contributed by atoms with Crippen molar-refractivity contribution in [1.82, 2.24) is 15.1 Å². The summed E-state index contributed by atoms with van der Waals surface area (Å²) < 4.78 is 1.43. The van der Waals surface area contributed by atoms with Gasteiger partial charge >= 0.3 is 0 Å². The molecule has 0 fully saturated rings. The van der Waals surface area contributed by atoms with Crippen LogP contribution in [0, 0.1) is 11.3 Å². The number of benzene rings is 1. The predicted octanol–water partition coefficient (Wildman–Crippen LogP) is 2.78. The second-order valence-electron chi connectivity index (χ2n) is 5.99. The van der Waals surface area contributed by atoms with Gasteiger partial charge in [-0.2, -0.15) is 10.4 Å². The summed E-state index contributed by atoms with van der Waals surface area (Å²) in [6.07, 6.45) is 1.63. The Morgan fingerprint density at radius 3 is 2.67 bits per heavy atom. The number of nitrogen functional groups attached to an aromatic ring is 1. The SMILES string of the molecule is CC(CC(=O)c1cccs1)NC(=O)c1ccc(-n2ncc(C#N)c2N)cc1. The number of rotatable bonds is 6. The number of nitrogens with two attached hydrogens (primary N) is 1. The maximum Gasteiger partial charge on any atom is 0.251 e. The van der Waals surface area contributed by atoms with Crippen molar-refractivity contribution in [3.8, 4) is 11.8 Å². The minimum Gasteiger partial charge on any atom is -0.382 e. The Labute approximate surface area is 160 Å². The normalized spacial score (nSPS) is 11.6. The first-order valence-electron chi connectivity index (χ1n) is 8.21. The molecule has 0 saturated heterocycles. The van der Waals surface area contributed by atoms with Crippen LogP contribution < -0.4 is 11.1 Å². The quantitative estimate of drug-likeness (QED) is 0.639. The van der Waals surface area contributed by atoms with Gasteiger partial charge in [-0.25, -0.2) is 4.68 Å². The zero-order valence-corrected chi connectivity index (χ0v) is 15.4. The number of thiophene rings is 1. The van der Waals surface area contributed by atoms with E-state index in [1.165, 1.54) is 22.2 Å². The fourth-order valence-corrected chi connectivity index (χ4v) is 3.25.